The lowest BCUT2D eigenvalue weighted by Gasteiger charge is -2.18. The number of hydrogen-bond acceptors (Lipinski definition) is 0. The molecule has 0 spiro atoms. The molecule has 1 aromatic carbocycles. The minimum absolute atomic E-state index is 0. The van der Waals surface area contributed by atoms with Crippen molar-refractivity contribution >= 4 is 7.26 Å². The molecule has 0 nitrogen and oxygen atoms in total. The van der Waals surface area contributed by atoms with Gasteiger partial charge in [-0.25, -0.2) is 0 Å². The van der Waals surface area contributed by atoms with Gasteiger partial charge in [0.2, 0.25) is 0 Å². The summed E-state index contributed by atoms with van der Waals surface area (Å²) in [5, 5.41) is 0. The molecule has 0 radical (unpaired) electrons. The molecule has 0 bridgehead atoms. The predicted octanol–water partition coefficient (Wildman–Crippen LogP) is 4.78. The second-order valence-corrected chi connectivity index (χ2v) is 12.5. The SMILES string of the molecule is CCCCCCCCCCCCC[P+](C)(C)Cc1ccccc1.[Br-]. The molecule has 0 heterocycles. The van der Waals surface area contributed by atoms with Gasteiger partial charge in [-0.1, -0.05) is 95.0 Å². The minimum atomic E-state index is -0.742. The summed E-state index contributed by atoms with van der Waals surface area (Å²) in [6.07, 6.45) is 18.7. The molecular formula is C22H40BrP. The fraction of sp³-hybridized carbons (Fsp3) is 0.727. The lowest BCUT2D eigenvalue weighted by molar-refractivity contribution is -0.00000524. The summed E-state index contributed by atoms with van der Waals surface area (Å²) in [5.41, 5.74) is 1.54. The molecule has 0 amide bonds. The first-order valence-electron chi connectivity index (χ1n) is 10.00. The van der Waals surface area contributed by atoms with Crippen LogP contribution in [-0.4, -0.2) is 19.5 Å². The maximum absolute atomic E-state index is 2.54. The molecule has 0 fully saturated rings. The zero-order valence-corrected chi connectivity index (χ0v) is 18.9. The topological polar surface area (TPSA) is 0 Å². The van der Waals surface area contributed by atoms with E-state index in [4.69, 9.17) is 0 Å². The molecule has 0 saturated carbocycles. The third kappa shape index (κ3) is 13.4. The highest BCUT2D eigenvalue weighted by Gasteiger charge is 2.24. The summed E-state index contributed by atoms with van der Waals surface area (Å²) in [4.78, 5) is 0. The van der Waals surface area contributed by atoms with E-state index in [9.17, 15) is 0 Å². The van der Waals surface area contributed by atoms with E-state index in [1.807, 2.05) is 0 Å². The second kappa shape index (κ2) is 15.4. The Morgan fingerprint density at radius 2 is 1.12 bits per heavy atom. The van der Waals surface area contributed by atoms with Crippen molar-refractivity contribution in [2.24, 2.45) is 0 Å². The smallest absolute Gasteiger partial charge is 0.0837 e. The quantitative estimate of drug-likeness (QED) is 0.303. The van der Waals surface area contributed by atoms with E-state index in [1.165, 1.54) is 88.5 Å². The Labute approximate surface area is 163 Å². The van der Waals surface area contributed by atoms with Gasteiger partial charge in [-0.2, -0.15) is 0 Å². The van der Waals surface area contributed by atoms with Crippen molar-refractivity contribution in [1.29, 1.82) is 0 Å². The van der Waals surface area contributed by atoms with Gasteiger partial charge in [-0.05, 0) is 18.4 Å². The van der Waals surface area contributed by atoms with Gasteiger partial charge in [-0.15, -0.1) is 0 Å². The monoisotopic (exact) mass is 414 g/mol. The van der Waals surface area contributed by atoms with Crippen molar-refractivity contribution in [3.63, 3.8) is 0 Å². The van der Waals surface area contributed by atoms with E-state index in [0.717, 1.165) is 0 Å². The first-order chi connectivity index (χ1) is 11.1. The standard InChI is InChI=1S/C22H40P.BrH/c1-4-5-6-7-8-9-10-11-12-13-17-20-23(2,3)21-22-18-15-14-16-19-22;/h14-16,18-19H,4-13,17,20-21H2,1-3H3;1H/q+1;/p-1. The van der Waals surface area contributed by atoms with Crippen molar-refractivity contribution in [2.75, 3.05) is 19.5 Å². The molecule has 140 valence electrons. The van der Waals surface area contributed by atoms with Gasteiger partial charge >= 0.3 is 0 Å². The van der Waals surface area contributed by atoms with Gasteiger partial charge in [0.15, 0.2) is 0 Å². The Morgan fingerprint density at radius 1 is 0.667 bits per heavy atom. The Morgan fingerprint density at radius 3 is 1.62 bits per heavy atom. The number of hydrogen-bond donors (Lipinski definition) is 0. The van der Waals surface area contributed by atoms with Gasteiger partial charge in [-0.3, -0.25) is 0 Å². The summed E-state index contributed by atoms with van der Waals surface area (Å²) >= 11 is 0. The number of benzene rings is 1. The highest BCUT2D eigenvalue weighted by Crippen LogP contribution is 2.54. The van der Waals surface area contributed by atoms with Gasteiger partial charge in [0.1, 0.15) is 0 Å². The van der Waals surface area contributed by atoms with Gasteiger partial charge in [0, 0.05) is 20.6 Å². The van der Waals surface area contributed by atoms with Gasteiger partial charge in [0.25, 0.3) is 0 Å². The largest absolute Gasteiger partial charge is 1.00 e. The lowest BCUT2D eigenvalue weighted by Crippen LogP contribution is -3.00. The number of unbranched alkanes of at least 4 members (excludes halogenated alkanes) is 10. The maximum atomic E-state index is 2.54. The van der Waals surface area contributed by atoms with E-state index < -0.39 is 7.26 Å². The third-order valence-electron chi connectivity index (χ3n) is 4.82. The molecule has 0 N–H and O–H groups in total. The highest BCUT2D eigenvalue weighted by atomic mass is 79.9. The normalized spacial score (nSPS) is 11.3. The zero-order chi connectivity index (χ0) is 16.8. The molecule has 0 atom stereocenters. The second-order valence-electron chi connectivity index (χ2n) is 7.84. The van der Waals surface area contributed by atoms with E-state index in [-0.39, 0.29) is 17.0 Å². The number of halogens is 1. The molecular weight excluding hydrogens is 375 g/mol. The van der Waals surface area contributed by atoms with Crippen molar-refractivity contribution in [3.05, 3.63) is 35.9 Å². The molecule has 24 heavy (non-hydrogen) atoms. The zero-order valence-electron chi connectivity index (χ0n) is 16.4. The van der Waals surface area contributed by atoms with E-state index in [1.54, 1.807) is 0 Å². The van der Waals surface area contributed by atoms with E-state index in [0.29, 0.717) is 0 Å². The Balaban J connectivity index is 0.00000529. The van der Waals surface area contributed by atoms with Crippen LogP contribution >= 0.6 is 7.26 Å². The van der Waals surface area contributed by atoms with Crippen molar-refractivity contribution < 1.29 is 17.0 Å². The van der Waals surface area contributed by atoms with E-state index in [2.05, 4.69) is 50.6 Å². The fourth-order valence-corrected chi connectivity index (χ4v) is 5.80. The average Bonchev–Trinajstić information content (AvgIpc) is 2.53. The predicted molar refractivity (Wildman–Crippen MR) is 110 cm³/mol. The summed E-state index contributed by atoms with van der Waals surface area (Å²) in [6, 6.07) is 11.1. The van der Waals surface area contributed by atoms with Crippen LogP contribution in [0.15, 0.2) is 30.3 Å². The van der Waals surface area contributed by atoms with Crippen LogP contribution in [0.4, 0.5) is 0 Å². The van der Waals surface area contributed by atoms with Gasteiger partial charge in [0.05, 0.1) is 12.3 Å². The van der Waals surface area contributed by atoms with Crippen LogP contribution in [0.3, 0.4) is 0 Å². The molecule has 0 unspecified atom stereocenters. The maximum Gasteiger partial charge on any atom is 0.0837 e. The lowest BCUT2D eigenvalue weighted by atomic mass is 10.1. The molecule has 0 saturated heterocycles. The Hall–Kier alpha value is 0.130. The van der Waals surface area contributed by atoms with Crippen LogP contribution in [0.1, 0.15) is 83.1 Å². The molecule has 1 rings (SSSR count). The fourth-order valence-electron chi connectivity index (χ4n) is 3.36. The van der Waals surface area contributed by atoms with Crippen LogP contribution in [0.2, 0.25) is 0 Å². The van der Waals surface area contributed by atoms with Crippen LogP contribution in [-0.2, 0) is 6.16 Å². The first-order valence-corrected chi connectivity index (χ1v) is 13.1. The average molecular weight is 415 g/mol. The van der Waals surface area contributed by atoms with Crippen molar-refractivity contribution in [3.8, 4) is 0 Å². The molecule has 0 aliphatic carbocycles. The molecule has 1 aromatic rings. The third-order valence-corrected chi connectivity index (χ3v) is 7.57. The minimum Gasteiger partial charge on any atom is -1.00 e. The highest BCUT2D eigenvalue weighted by molar-refractivity contribution is 7.73. The molecule has 2 heteroatoms. The van der Waals surface area contributed by atoms with Crippen LogP contribution < -0.4 is 17.0 Å². The summed E-state index contributed by atoms with van der Waals surface area (Å²) in [5.74, 6) is 0. The van der Waals surface area contributed by atoms with Crippen LogP contribution in [0.5, 0.6) is 0 Å². The van der Waals surface area contributed by atoms with Crippen molar-refractivity contribution in [1.82, 2.24) is 0 Å². The Bertz CT molecular complexity index is 375. The molecule has 0 aromatic heterocycles. The summed E-state index contributed by atoms with van der Waals surface area (Å²) in [7, 11) is -0.742. The summed E-state index contributed by atoms with van der Waals surface area (Å²) < 4.78 is 0. The molecule has 0 aliphatic heterocycles. The first kappa shape index (κ1) is 24.1. The van der Waals surface area contributed by atoms with Crippen molar-refractivity contribution in [2.45, 2.75) is 83.7 Å². The van der Waals surface area contributed by atoms with Crippen LogP contribution in [0, 0.1) is 0 Å². The van der Waals surface area contributed by atoms with Gasteiger partial charge < -0.3 is 17.0 Å². The Kier molecular flexibility index (Phi) is 15.5. The molecule has 0 aliphatic rings. The van der Waals surface area contributed by atoms with E-state index >= 15 is 0 Å². The summed E-state index contributed by atoms with van der Waals surface area (Å²) in [6.45, 7) is 7.37. The number of rotatable bonds is 14. The van der Waals surface area contributed by atoms with Crippen LogP contribution in [0.25, 0.3) is 0 Å².